The molecule has 1 aromatic heterocycles. The van der Waals surface area contributed by atoms with Crippen molar-refractivity contribution < 1.29 is 4.79 Å². The normalized spacial score (nSPS) is 10.7. The van der Waals surface area contributed by atoms with E-state index in [1.54, 1.807) is 6.33 Å². The zero-order valence-electron chi connectivity index (χ0n) is 17.1. The third kappa shape index (κ3) is 5.17. The molecule has 0 radical (unpaired) electrons. The van der Waals surface area contributed by atoms with Crippen LogP contribution in [0, 0.1) is 0 Å². The third-order valence-electron chi connectivity index (χ3n) is 4.76. The van der Waals surface area contributed by atoms with Crippen LogP contribution < -0.4 is 10.2 Å². The van der Waals surface area contributed by atoms with Crippen molar-refractivity contribution in [3.63, 3.8) is 0 Å². The lowest BCUT2D eigenvalue weighted by Crippen LogP contribution is -2.21. The Bertz CT molecular complexity index is 934. The first-order chi connectivity index (χ1) is 14.2. The predicted octanol–water partition coefficient (Wildman–Crippen LogP) is 4.41. The minimum absolute atomic E-state index is 0.0658. The van der Waals surface area contributed by atoms with E-state index in [-0.39, 0.29) is 11.7 Å². The summed E-state index contributed by atoms with van der Waals surface area (Å²) in [4.78, 5) is 14.7. The number of hydrogen-bond acceptors (Lipinski definition) is 5. The summed E-state index contributed by atoms with van der Waals surface area (Å²) in [5.74, 6) is 0.203. The number of aromatic nitrogens is 3. The van der Waals surface area contributed by atoms with Crippen LogP contribution in [0.2, 0.25) is 0 Å². The topological polar surface area (TPSA) is 63.1 Å². The zero-order chi connectivity index (χ0) is 20.6. The molecule has 152 valence electrons. The van der Waals surface area contributed by atoms with Crippen molar-refractivity contribution in [3.8, 4) is 5.69 Å². The van der Waals surface area contributed by atoms with Crippen molar-refractivity contribution in [1.29, 1.82) is 0 Å². The number of nitrogens with zero attached hydrogens (tertiary/aromatic N) is 4. The predicted molar refractivity (Wildman–Crippen MR) is 120 cm³/mol. The molecule has 0 saturated carbocycles. The monoisotopic (exact) mass is 409 g/mol. The van der Waals surface area contributed by atoms with Gasteiger partial charge in [0.05, 0.1) is 11.4 Å². The molecular weight excluding hydrogens is 382 g/mol. The first-order valence-corrected chi connectivity index (χ1v) is 10.9. The van der Waals surface area contributed by atoms with E-state index in [0.29, 0.717) is 5.16 Å². The number of hydrogen-bond donors (Lipinski definition) is 1. The Hall–Kier alpha value is -2.80. The highest BCUT2D eigenvalue weighted by Crippen LogP contribution is 2.23. The van der Waals surface area contributed by atoms with E-state index in [9.17, 15) is 4.79 Å². The van der Waals surface area contributed by atoms with Gasteiger partial charge in [0, 0.05) is 24.5 Å². The van der Waals surface area contributed by atoms with Crippen LogP contribution in [-0.4, -0.2) is 39.5 Å². The third-order valence-corrected chi connectivity index (χ3v) is 5.70. The summed E-state index contributed by atoms with van der Waals surface area (Å²) in [6.07, 6.45) is 2.61. The number of para-hydroxylation sites is 1. The van der Waals surface area contributed by atoms with E-state index in [1.165, 1.54) is 17.3 Å². The molecule has 0 aliphatic heterocycles. The van der Waals surface area contributed by atoms with Crippen LogP contribution in [0.3, 0.4) is 0 Å². The molecule has 1 amide bonds. The Kier molecular flexibility index (Phi) is 7.30. The van der Waals surface area contributed by atoms with E-state index in [2.05, 4.69) is 47.3 Å². The second kappa shape index (κ2) is 10.1. The average Bonchev–Trinajstić information content (AvgIpc) is 3.22. The van der Waals surface area contributed by atoms with Gasteiger partial charge in [-0.25, -0.2) is 0 Å². The Balaban J connectivity index is 1.61. The van der Waals surface area contributed by atoms with Gasteiger partial charge in [0.15, 0.2) is 5.16 Å². The van der Waals surface area contributed by atoms with Gasteiger partial charge in [-0.3, -0.25) is 9.36 Å². The highest BCUT2D eigenvalue weighted by molar-refractivity contribution is 7.99. The van der Waals surface area contributed by atoms with E-state index in [4.69, 9.17) is 0 Å². The molecule has 0 saturated heterocycles. The van der Waals surface area contributed by atoms with Gasteiger partial charge in [0.1, 0.15) is 6.33 Å². The highest BCUT2D eigenvalue weighted by Gasteiger charge is 2.12. The molecule has 0 spiro atoms. The van der Waals surface area contributed by atoms with Crippen LogP contribution in [0.5, 0.6) is 0 Å². The Labute approximate surface area is 176 Å². The second-order valence-corrected chi connectivity index (χ2v) is 7.46. The number of carbonyl (C=O) groups is 1. The lowest BCUT2D eigenvalue weighted by Gasteiger charge is -2.21. The lowest BCUT2D eigenvalue weighted by atomic mass is 10.1. The van der Waals surface area contributed by atoms with Crippen LogP contribution in [0.25, 0.3) is 5.69 Å². The summed E-state index contributed by atoms with van der Waals surface area (Å²) in [7, 11) is 0. The SMILES string of the molecule is CCc1ccccc1-n1cnnc1SCC(=O)Nc1ccc(N(CC)CC)cc1. The summed E-state index contributed by atoms with van der Waals surface area (Å²) in [5.41, 5.74) is 4.22. The molecule has 0 atom stereocenters. The highest BCUT2D eigenvalue weighted by atomic mass is 32.2. The number of nitrogens with one attached hydrogen (secondary N) is 1. The molecule has 7 heteroatoms. The first kappa shape index (κ1) is 20.9. The van der Waals surface area contributed by atoms with Crippen LogP contribution in [0.1, 0.15) is 26.3 Å². The molecule has 1 N–H and O–H groups in total. The van der Waals surface area contributed by atoms with E-state index in [0.717, 1.165) is 36.6 Å². The van der Waals surface area contributed by atoms with Crippen molar-refractivity contribution in [2.45, 2.75) is 32.3 Å². The minimum Gasteiger partial charge on any atom is -0.372 e. The van der Waals surface area contributed by atoms with Crippen LogP contribution in [-0.2, 0) is 11.2 Å². The van der Waals surface area contributed by atoms with Gasteiger partial charge in [-0.15, -0.1) is 10.2 Å². The van der Waals surface area contributed by atoms with E-state index >= 15 is 0 Å². The number of amides is 1. The summed E-state index contributed by atoms with van der Waals surface area (Å²) >= 11 is 1.38. The standard InChI is InChI=1S/C22H27N5OS/c1-4-17-9-7-8-10-20(17)27-16-23-25-22(27)29-15-21(28)24-18-11-13-19(14-12-18)26(5-2)6-3/h7-14,16H,4-6,15H2,1-3H3,(H,24,28). The van der Waals surface area contributed by atoms with Gasteiger partial charge in [-0.2, -0.15) is 0 Å². The lowest BCUT2D eigenvalue weighted by molar-refractivity contribution is -0.113. The number of thioether (sulfide) groups is 1. The fraction of sp³-hybridized carbons (Fsp3) is 0.318. The smallest absolute Gasteiger partial charge is 0.234 e. The van der Waals surface area contributed by atoms with Crippen molar-refractivity contribution in [2.24, 2.45) is 0 Å². The van der Waals surface area contributed by atoms with Crippen LogP contribution in [0.4, 0.5) is 11.4 Å². The minimum atomic E-state index is -0.0658. The first-order valence-electron chi connectivity index (χ1n) is 9.92. The maximum atomic E-state index is 12.4. The van der Waals surface area contributed by atoms with Crippen molar-refractivity contribution >= 4 is 29.0 Å². The van der Waals surface area contributed by atoms with Gasteiger partial charge in [0.25, 0.3) is 0 Å². The molecule has 29 heavy (non-hydrogen) atoms. The van der Waals surface area contributed by atoms with Crippen LogP contribution in [0.15, 0.2) is 60.0 Å². The van der Waals surface area contributed by atoms with Gasteiger partial charge in [-0.05, 0) is 56.2 Å². The fourth-order valence-electron chi connectivity index (χ4n) is 3.20. The molecule has 1 heterocycles. The van der Waals surface area contributed by atoms with Gasteiger partial charge >= 0.3 is 0 Å². The molecular formula is C22H27N5OS. The summed E-state index contributed by atoms with van der Waals surface area (Å²) in [6, 6.07) is 16.1. The van der Waals surface area contributed by atoms with Gasteiger partial charge in [-0.1, -0.05) is 36.9 Å². The second-order valence-electron chi connectivity index (χ2n) is 6.52. The molecule has 0 bridgehead atoms. The van der Waals surface area contributed by atoms with Crippen molar-refractivity contribution in [2.75, 3.05) is 29.1 Å². The number of carbonyl (C=O) groups excluding carboxylic acids is 1. The summed E-state index contributed by atoms with van der Waals surface area (Å²) in [6.45, 7) is 8.30. The maximum absolute atomic E-state index is 12.4. The quantitative estimate of drug-likeness (QED) is 0.531. The van der Waals surface area contributed by atoms with E-state index in [1.807, 2.05) is 47.0 Å². The summed E-state index contributed by atoms with van der Waals surface area (Å²) < 4.78 is 1.94. The molecule has 3 rings (SSSR count). The van der Waals surface area contributed by atoms with Crippen molar-refractivity contribution in [3.05, 3.63) is 60.4 Å². The maximum Gasteiger partial charge on any atom is 0.234 e. The molecule has 6 nitrogen and oxygen atoms in total. The molecule has 3 aromatic rings. The van der Waals surface area contributed by atoms with Crippen LogP contribution >= 0.6 is 11.8 Å². The largest absolute Gasteiger partial charge is 0.372 e. The van der Waals surface area contributed by atoms with Gasteiger partial charge < -0.3 is 10.2 Å². The summed E-state index contributed by atoms with van der Waals surface area (Å²) in [5, 5.41) is 11.9. The molecule has 0 aliphatic rings. The number of rotatable bonds is 9. The van der Waals surface area contributed by atoms with Gasteiger partial charge in [0.2, 0.25) is 5.91 Å². The van der Waals surface area contributed by atoms with E-state index < -0.39 is 0 Å². The Morgan fingerprint density at radius 2 is 1.79 bits per heavy atom. The molecule has 0 unspecified atom stereocenters. The number of benzene rings is 2. The fourth-order valence-corrected chi connectivity index (χ4v) is 3.93. The van der Waals surface area contributed by atoms with Crippen molar-refractivity contribution in [1.82, 2.24) is 14.8 Å². The number of anilines is 2. The Morgan fingerprint density at radius 3 is 2.48 bits per heavy atom. The zero-order valence-corrected chi connectivity index (χ0v) is 17.9. The Morgan fingerprint density at radius 1 is 1.07 bits per heavy atom. The average molecular weight is 410 g/mol. The number of aryl methyl sites for hydroxylation is 1. The molecule has 0 aliphatic carbocycles. The molecule has 0 fully saturated rings. The molecule has 2 aromatic carbocycles.